The van der Waals surface area contributed by atoms with Crippen molar-refractivity contribution < 1.29 is 19.4 Å². The van der Waals surface area contributed by atoms with Gasteiger partial charge in [-0.3, -0.25) is 9.36 Å². The summed E-state index contributed by atoms with van der Waals surface area (Å²) in [7, 11) is 0. The average Bonchev–Trinajstić information content (AvgIpc) is 3.42. The number of carboxylic acid groups (broad SMARTS) is 1. The third kappa shape index (κ3) is 10.9. The van der Waals surface area contributed by atoms with Crippen LogP contribution in [0.4, 0.5) is 5.69 Å². The normalized spacial score (nSPS) is 11.9. The first-order valence-corrected chi connectivity index (χ1v) is 13.8. The Balaban J connectivity index is 1.88. The van der Waals surface area contributed by atoms with Crippen LogP contribution in [0.1, 0.15) is 124 Å². The van der Waals surface area contributed by atoms with E-state index in [1.54, 1.807) is 6.07 Å². The zero-order chi connectivity index (χ0) is 26.0. The molecule has 0 amide bonds. The number of aromatic carboxylic acids is 1. The smallest absolute Gasteiger partial charge is 0.336 e. The number of nitrogens with zero attached hydrogens (tertiary/aromatic N) is 2. The van der Waals surface area contributed by atoms with E-state index in [1.165, 1.54) is 112 Å². The highest BCUT2D eigenvalue weighted by Gasteiger charge is 2.18. The number of carbonyl (C=O) groups excluding carboxylic acids is 1. The van der Waals surface area contributed by atoms with E-state index in [4.69, 9.17) is 4.74 Å². The number of carbonyl (C=O) groups is 2. The summed E-state index contributed by atoms with van der Waals surface area (Å²) in [4.78, 5) is 28.3. The molecule has 0 saturated heterocycles. The van der Waals surface area contributed by atoms with Crippen LogP contribution in [-0.2, 0) is 4.74 Å². The Labute approximate surface area is 216 Å². The number of anilines is 1. The van der Waals surface area contributed by atoms with Gasteiger partial charge in [-0.2, -0.15) is 0 Å². The van der Waals surface area contributed by atoms with Crippen LogP contribution in [0.3, 0.4) is 0 Å². The number of unbranched alkanes of at least 4 members (excludes halogenated alkanes) is 10. The minimum atomic E-state index is -1.15. The molecule has 0 fully saturated rings. The molecular weight excluding hydrogens is 454 g/mol. The molecule has 2 aromatic rings. The number of carboxylic acids is 1. The van der Waals surface area contributed by atoms with Crippen molar-refractivity contribution >= 4 is 17.6 Å². The van der Waals surface area contributed by atoms with E-state index in [0.717, 1.165) is 12.8 Å². The van der Waals surface area contributed by atoms with Gasteiger partial charge >= 0.3 is 5.97 Å². The van der Waals surface area contributed by atoms with Crippen molar-refractivity contribution in [3.05, 3.63) is 48.0 Å². The molecule has 2 N–H and O–H groups in total. The van der Waals surface area contributed by atoms with Crippen LogP contribution in [0, 0.1) is 0 Å². The predicted octanol–water partition coefficient (Wildman–Crippen LogP) is 7.53. The molecule has 36 heavy (non-hydrogen) atoms. The van der Waals surface area contributed by atoms with Crippen molar-refractivity contribution in [2.45, 2.75) is 110 Å². The number of benzene rings is 1. The van der Waals surface area contributed by atoms with Crippen molar-refractivity contribution in [3.8, 4) is 0 Å². The zero-order valence-corrected chi connectivity index (χ0v) is 22.2. The molecule has 0 aliphatic heterocycles. The summed E-state index contributed by atoms with van der Waals surface area (Å²) in [5, 5.41) is 12.9. The van der Waals surface area contributed by atoms with Crippen LogP contribution in [0.15, 0.2) is 36.9 Å². The first-order chi connectivity index (χ1) is 17.6. The van der Waals surface area contributed by atoms with Gasteiger partial charge in [0.15, 0.2) is 0 Å². The monoisotopic (exact) mass is 499 g/mol. The third-order valence-electron chi connectivity index (χ3n) is 6.57. The fourth-order valence-corrected chi connectivity index (χ4v) is 4.39. The quantitative estimate of drug-likeness (QED) is 0.144. The van der Waals surface area contributed by atoms with Crippen molar-refractivity contribution in [2.75, 3.05) is 12.0 Å². The summed E-state index contributed by atoms with van der Waals surface area (Å²) in [6.07, 6.45) is 21.9. The number of ether oxygens (including phenoxy) is 1. The van der Waals surface area contributed by atoms with Gasteiger partial charge in [-0.25, -0.2) is 9.78 Å². The number of imidazole rings is 1. The van der Waals surface area contributed by atoms with Gasteiger partial charge in [-0.1, -0.05) is 90.9 Å². The summed E-state index contributed by atoms with van der Waals surface area (Å²) in [5.41, 5.74) is 0.692. The number of nitrogens with one attached hydrogen (secondary N) is 1. The van der Waals surface area contributed by atoms with Crippen LogP contribution in [-0.4, -0.2) is 39.4 Å². The highest BCUT2D eigenvalue weighted by atomic mass is 16.5. The van der Waals surface area contributed by atoms with Gasteiger partial charge in [-0.15, -0.1) is 0 Å². The Kier molecular flexibility index (Phi) is 14.5. The van der Waals surface area contributed by atoms with E-state index in [-0.39, 0.29) is 17.2 Å². The lowest BCUT2D eigenvalue weighted by molar-refractivity contribution is 0.0503. The molecule has 0 saturated carbocycles. The van der Waals surface area contributed by atoms with Crippen LogP contribution in [0.2, 0.25) is 0 Å². The average molecular weight is 500 g/mol. The highest BCUT2D eigenvalue weighted by molar-refractivity contribution is 6.06. The summed E-state index contributed by atoms with van der Waals surface area (Å²) in [6, 6.07) is 4.75. The van der Waals surface area contributed by atoms with Crippen molar-refractivity contribution in [1.29, 1.82) is 0 Å². The first kappa shape index (κ1) is 29.6. The molecule has 2 rings (SSSR count). The molecule has 7 heteroatoms. The largest absolute Gasteiger partial charge is 0.478 e. The molecule has 0 aliphatic rings. The standard InChI is InChI=1S/C29H45N3O4/c1-3-5-7-9-10-12-14-16-25(15-13-11-8-6-4-2)36-23-31-24-17-18-26(27(21-24)29(34)35)28(33)32-20-19-30-22-32/h17-22,25,31H,3-16,23H2,1-2H3,(H,34,35). The Hall–Kier alpha value is -2.67. The lowest BCUT2D eigenvalue weighted by Crippen LogP contribution is -2.19. The molecule has 0 bridgehead atoms. The molecule has 0 spiro atoms. The number of aromatic nitrogens is 2. The second kappa shape index (κ2) is 17.7. The molecule has 1 aromatic heterocycles. The van der Waals surface area contributed by atoms with E-state index in [0.29, 0.717) is 12.4 Å². The molecule has 1 aromatic carbocycles. The second-order valence-corrected chi connectivity index (χ2v) is 9.56. The van der Waals surface area contributed by atoms with E-state index in [2.05, 4.69) is 24.1 Å². The maximum Gasteiger partial charge on any atom is 0.336 e. The van der Waals surface area contributed by atoms with Gasteiger partial charge in [0.05, 0.1) is 17.2 Å². The number of hydrogen-bond acceptors (Lipinski definition) is 5. The highest BCUT2D eigenvalue weighted by Crippen LogP contribution is 2.20. The van der Waals surface area contributed by atoms with Crippen LogP contribution < -0.4 is 5.32 Å². The van der Waals surface area contributed by atoms with Crippen molar-refractivity contribution in [3.63, 3.8) is 0 Å². The molecule has 1 atom stereocenters. The Morgan fingerprint density at radius 3 is 2.08 bits per heavy atom. The maximum absolute atomic E-state index is 12.6. The lowest BCUT2D eigenvalue weighted by atomic mass is 10.0. The van der Waals surface area contributed by atoms with Gasteiger partial charge in [0.25, 0.3) is 5.91 Å². The second-order valence-electron chi connectivity index (χ2n) is 9.56. The van der Waals surface area contributed by atoms with Crippen LogP contribution >= 0.6 is 0 Å². The molecule has 0 radical (unpaired) electrons. The topological polar surface area (TPSA) is 93.5 Å². The number of hydrogen-bond donors (Lipinski definition) is 2. The SMILES string of the molecule is CCCCCCCCCC(CCCCCCC)OCNc1ccc(C(=O)n2ccnc2)c(C(=O)O)c1. The molecule has 1 heterocycles. The fourth-order valence-electron chi connectivity index (χ4n) is 4.39. The Morgan fingerprint density at radius 1 is 0.917 bits per heavy atom. The lowest BCUT2D eigenvalue weighted by Gasteiger charge is -2.19. The number of rotatable bonds is 20. The van der Waals surface area contributed by atoms with Gasteiger partial charge < -0.3 is 15.2 Å². The maximum atomic E-state index is 12.6. The van der Waals surface area contributed by atoms with Crippen molar-refractivity contribution in [2.24, 2.45) is 0 Å². The Morgan fingerprint density at radius 2 is 1.53 bits per heavy atom. The zero-order valence-electron chi connectivity index (χ0n) is 22.2. The summed E-state index contributed by atoms with van der Waals surface area (Å²) < 4.78 is 7.47. The fraction of sp³-hybridized carbons (Fsp3) is 0.621. The molecule has 7 nitrogen and oxygen atoms in total. The summed E-state index contributed by atoms with van der Waals surface area (Å²) >= 11 is 0. The van der Waals surface area contributed by atoms with E-state index < -0.39 is 11.9 Å². The summed E-state index contributed by atoms with van der Waals surface area (Å²) in [6.45, 7) is 4.78. The van der Waals surface area contributed by atoms with E-state index in [9.17, 15) is 14.7 Å². The van der Waals surface area contributed by atoms with Crippen molar-refractivity contribution in [1.82, 2.24) is 9.55 Å². The molecule has 0 aliphatic carbocycles. The minimum absolute atomic E-state index is 0.0470. The summed E-state index contributed by atoms with van der Waals surface area (Å²) in [5.74, 6) is -1.57. The van der Waals surface area contributed by atoms with Crippen LogP contribution in [0.25, 0.3) is 0 Å². The molecule has 200 valence electrons. The van der Waals surface area contributed by atoms with E-state index >= 15 is 0 Å². The molecular formula is C29H45N3O4. The first-order valence-electron chi connectivity index (χ1n) is 13.8. The minimum Gasteiger partial charge on any atom is -0.478 e. The van der Waals surface area contributed by atoms with Gasteiger partial charge in [0.1, 0.15) is 13.1 Å². The molecule has 1 unspecified atom stereocenters. The van der Waals surface area contributed by atoms with Crippen LogP contribution in [0.5, 0.6) is 0 Å². The predicted molar refractivity (Wildman–Crippen MR) is 145 cm³/mol. The van der Waals surface area contributed by atoms with Gasteiger partial charge in [0, 0.05) is 18.1 Å². The van der Waals surface area contributed by atoms with E-state index in [1.807, 2.05) is 0 Å². The van der Waals surface area contributed by atoms with Gasteiger partial charge in [0.2, 0.25) is 0 Å². The Bertz CT molecular complexity index is 883. The van der Waals surface area contributed by atoms with Gasteiger partial charge in [-0.05, 0) is 31.0 Å². The third-order valence-corrected chi connectivity index (χ3v) is 6.57.